The molecule has 1 amide bonds. The van der Waals surface area contributed by atoms with E-state index >= 15 is 0 Å². The summed E-state index contributed by atoms with van der Waals surface area (Å²) in [6, 6.07) is 8.50. The van der Waals surface area contributed by atoms with Gasteiger partial charge in [-0.3, -0.25) is 0 Å². The molecule has 1 aliphatic heterocycles. The van der Waals surface area contributed by atoms with Crippen LogP contribution in [0, 0.1) is 11.7 Å². The lowest BCUT2D eigenvalue weighted by Crippen LogP contribution is -2.45. The summed E-state index contributed by atoms with van der Waals surface area (Å²) in [6.45, 7) is 2.60. The van der Waals surface area contributed by atoms with Crippen LogP contribution in [0.25, 0.3) is 11.0 Å². The molecule has 2 heterocycles. The van der Waals surface area contributed by atoms with E-state index in [2.05, 4.69) is 14.5 Å². The van der Waals surface area contributed by atoms with Crippen molar-refractivity contribution in [2.24, 2.45) is 11.7 Å². The third kappa shape index (κ3) is 5.14. The Morgan fingerprint density at radius 3 is 2.72 bits per heavy atom. The number of fused-ring (bicyclic) bond motifs is 2. The number of nitrogens with two attached hydrogens (primary N) is 1. The Kier molecular flexibility index (Phi) is 7.31. The Hall–Kier alpha value is -2.51. The van der Waals surface area contributed by atoms with Gasteiger partial charge in [0.2, 0.25) is 0 Å². The van der Waals surface area contributed by atoms with Gasteiger partial charge in [-0.1, -0.05) is 48.9 Å². The summed E-state index contributed by atoms with van der Waals surface area (Å²) >= 11 is 12.7. The Morgan fingerprint density at radius 1 is 1.22 bits per heavy atom. The van der Waals surface area contributed by atoms with Crippen LogP contribution in [-0.2, 0) is 11.2 Å². The molecule has 2 N–H and O–H groups in total. The third-order valence-electron chi connectivity index (χ3n) is 7.82. The molecule has 3 aromatic rings. The van der Waals surface area contributed by atoms with Gasteiger partial charge >= 0.3 is 6.09 Å². The van der Waals surface area contributed by atoms with E-state index in [4.69, 9.17) is 33.7 Å². The van der Waals surface area contributed by atoms with Crippen LogP contribution in [0.3, 0.4) is 0 Å². The van der Waals surface area contributed by atoms with Crippen molar-refractivity contribution in [3.63, 3.8) is 0 Å². The monoisotopic (exact) mass is 532 g/mol. The smallest absolute Gasteiger partial charge is 0.404 e. The summed E-state index contributed by atoms with van der Waals surface area (Å²) < 4.78 is 21.6. The molecule has 6 nitrogen and oxygen atoms in total. The number of ether oxygens (including phenoxy) is 1. The number of hydrogen-bond donors (Lipinski definition) is 1. The van der Waals surface area contributed by atoms with E-state index in [1.54, 1.807) is 12.1 Å². The van der Waals surface area contributed by atoms with Crippen molar-refractivity contribution in [3.8, 4) is 0 Å². The molecule has 1 saturated carbocycles. The van der Waals surface area contributed by atoms with E-state index in [0.717, 1.165) is 41.7 Å². The molecule has 3 atom stereocenters. The maximum Gasteiger partial charge on any atom is 0.404 e. The predicted octanol–water partition coefficient (Wildman–Crippen LogP) is 6.91. The van der Waals surface area contributed by atoms with Gasteiger partial charge in [0.1, 0.15) is 11.9 Å². The molecule has 2 aliphatic rings. The minimum absolute atomic E-state index is 0.0868. The van der Waals surface area contributed by atoms with Crippen LogP contribution in [0.4, 0.5) is 14.9 Å². The van der Waals surface area contributed by atoms with Crippen molar-refractivity contribution in [1.82, 2.24) is 9.55 Å². The number of anilines is 1. The number of imidazole rings is 1. The largest absolute Gasteiger partial charge is 0.445 e. The van der Waals surface area contributed by atoms with E-state index < -0.39 is 12.2 Å². The Morgan fingerprint density at radius 2 is 1.97 bits per heavy atom. The third-order valence-corrected chi connectivity index (χ3v) is 8.54. The van der Waals surface area contributed by atoms with Crippen molar-refractivity contribution in [3.05, 3.63) is 58.1 Å². The number of primary amides is 1. The first-order valence-corrected chi connectivity index (χ1v) is 13.4. The summed E-state index contributed by atoms with van der Waals surface area (Å²) in [5.74, 6) is 0.372. The number of amides is 1. The van der Waals surface area contributed by atoms with Crippen molar-refractivity contribution in [2.45, 2.75) is 70.1 Å². The summed E-state index contributed by atoms with van der Waals surface area (Å²) in [7, 11) is 0. The predicted molar refractivity (Wildman–Crippen MR) is 141 cm³/mol. The van der Waals surface area contributed by atoms with Gasteiger partial charge in [-0.15, -0.1) is 0 Å². The topological polar surface area (TPSA) is 73.4 Å². The van der Waals surface area contributed by atoms with Crippen LogP contribution < -0.4 is 10.6 Å². The molecule has 0 radical (unpaired) electrons. The molecule has 2 unspecified atom stereocenters. The standard InChI is InChI=1S/C27H31Cl2FN4O2/c1-16(36-27(31)35)25(33-9-8-18-11-19(30)6-7-24(18)33)12-20(10-17-4-2-3-5-17)34-15-32-23-13-21(28)22(29)14-26(23)34/h6-7,11,13-17,20,25H,2-5,8-10,12H2,1H3,(H2,31,35)/t16?,20?,25-/m1/s1. The number of halogens is 3. The second-order valence-corrected chi connectivity index (χ2v) is 10.9. The lowest BCUT2D eigenvalue weighted by molar-refractivity contribution is 0.0920. The molecule has 1 aromatic heterocycles. The number of nitrogens with zero attached hydrogens (tertiary/aromatic N) is 3. The van der Waals surface area contributed by atoms with Crippen molar-refractivity contribution in [2.75, 3.05) is 11.4 Å². The van der Waals surface area contributed by atoms with Crippen LogP contribution >= 0.6 is 23.2 Å². The Balaban J connectivity index is 1.53. The zero-order valence-corrected chi connectivity index (χ0v) is 21.8. The Bertz CT molecular complexity index is 1260. The number of aromatic nitrogens is 2. The van der Waals surface area contributed by atoms with Crippen LogP contribution in [0.2, 0.25) is 10.0 Å². The maximum atomic E-state index is 13.9. The van der Waals surface area contributed by atoms with Gasteiger partial charge < -0.3 is 19.9 Å². The maximum absolute atomic E-state index is 13.9. The quantitative estimate of drug-likeness (QED) is 0.342. The van der Waals surface area contributed by atoms with Gasteiger partial charge in [0.15, 0.2) is 0 Å². The summed E-state index contributed by atoms with van der Waals surface area (Å²) in [5, 5.41) is 0.965. The van der Waals surface area contributed by atoms with Crippen molar-refractivity contribution < 1.29 is 13.9 Å². The van der Waals surface area contributed by atoms with E-state index in [1.165, 1.54) is 31.7 Å². The number of rotatable bonds is 8. The highest BCUT2D eigenvalue weighted by atomic mass is 35.5. The first kappa shape index (κ1) is 25.2. The SMILES string of the molecule is CC(OC(N)=O)[C@@H](CC(CC1CCCC1)n1cnc2cc(Cl)c(Cl)cc21)N1CCc2cc(F)ccc21. The molecule has 0 bridgehead atoms. The van der Waals surface area contributed by atoms with Gasteiger partial charge in [-0.25, -0.2) is 14.2 Å². The van der Waals surface area contributed by atoms with Gasteiger partial charge in [0, 0.05) is 18.3 Å². The second kappa shape index (κ2) is 10.5. The van der Waals surface area contributed by atoms with Crippen molar-refractivity contribution in [1.29, 1.82) is 0 Å². The lowest BCUT2D eigenvalue weighted by atomic mass is 9.91. The highest BCUT2D eigenvalue weighted by molar-refractivity contribution is 6.42. The van der Waals surface area contributed by atoms with E-state index in [-0.39, 0.29) is 17.9 Å². The van der Waals surface area contributed by atoms with Crippen LogP contribution in [0.1, 0.15) is 57.1 Å². The molecule has 0 spiro atoms. The summed E-state index contributed by atoms with van der Waals surface area (Å²) in [5.41, 5.74) is 9.10. The molecular weight excluding hydrogens is 502 g/mol. The van der Waals surface area contributed by atoms with Crippen LogP contribution in [0.5, 0.6) is 0 Å². The van der Waals surface area contributed by atoms with Gasteiger partial charge in [0.25, 0.3) is 0 Å². The fourth-order valence-corrected chi connectivity index (χ4v) is 6.44. The highest BCUT2D eigenvalue weighted by Crippen LogP contribution is 2.40. The number of carbonyl (C=O) groups is 1. The molecule has 192 valence electrons. The van der Waals surface area contributed by atoms with Crippen molar-refractivity contribution >= 4 is 46.0 Å². The molecule has 1 aliphatic carbocycles. The second-order valence-electron chi connectivity index (χ2n) is 10.1. The van der Waals surface area contributed by atoms with Crippen LogP contribution in [-0.4, -0.2) is 34.3 Å². The minimum atomic E-state index is -0.798. The van der Waals surface area contributed by atoms with Crippen LogP contribution in [0.15, 0.2) is 36.7 Å². The number of benzene rings is 2. The average Bonchev–Trinajstić information content (AvgIpc) is 3.57. The zero-order chi connectivity index (χ0) is 25.4. The number of carbonyl (C=O) groups excluding carboxylic acids is 1. The molecule has 0 saturated heterocycles. The molecular formula is C27H31Cl2FN4O2. The highest BCUT2D eigenvalue weighted by Gasteiger charge is 2.35. The fraction of sp³-hybridized carbons (Fsp3) is 0.481. The van der Waals surface area contributed by atoms with E-state index in [1.807, 2.05) is 25.4 Å². The first-order chi connectivity index (χ1) is 17.3. The molecule has 5 rings (SSSR count). The molecule has 36 heavy (non-hydrogen) atoms. The Labute approximate surface area is 220 Å². The summed E-state index contributed by atoms with van der Waals surface area (Å²) in [6.07, 6.45) is 7.94. The first-order valence-electron chi connectivity index (χ1n) is 12.6. The van der Waals surface area contributed by atoms with Gasteiger partial charge in [-0.05, 0) is 68.0 Å². The summed E-state index contributed by atoms with van der Waals surface area (Å²) in [4.78, 5) is 18.6. The lowest BCUT2D eigenvalue weighted by Gasteiger charge is -2.37. The molecule has 2 aromatic carbocycles. The minimum Gasteiger partial charge on any atom is -0.445 e. The van der Waals surface area contributed by atoms with E-state index in [0.29, 0.717) is 22.4 Å². The van der Waals surface area contributed by atoms with Gasteiger partial charge in [-0.2, -0.15) is 0 Å². The number of hydrogen-bond acceptors (Lipinski definition) is 4. The van der Waals surface area contributed by atoms with E-state index in [9.17, 15) is 9.18 Å². The zero-order valence-electron chi connectivity index (χ0n) is 20.3. The molecule has 1 fully saturated rings. The average molecular weight is 533 g/mol. The fourth-order valence-electron chi connectivity index (χ4n) is 6.12. The normalized spacial score (nSPS) is 18.4. The molecule has 9 heteroatoms. The van der Waals surface area contributed by atoms with Gasteiger partial charge in [0.05, 0.1) is 33.4 Å².